The molecule has 126 valence electrons. The molecule has 1 aromatic heterocycles. The maximum absolute atomic E-state index is 12.9. The Labute approximate surface area is 139 Å². The number of benzene rings is 1. The lowest BCUT2D eigenvalue weighted by Crippen LogP contribution is -2.45. The summed E-state index contributed by atoms with van der Waals surface area (Å²) in [4.78, 5) is 26.4. The molecular weight excluding hydrogens is 311 g/mol. The van der Waals surface area contributed by atoms with Crippen molar-refractivity contribution in [1.82, 2.24) is 10.2 Å². The van der Waals surface area contributed by atoms with Gasteiger partial charge in [-0.1, -0.05) is 12.1 Å². The van der Waals surface area contributed by atoms with Gasteiger partial charge in [0.1, 0.15) is 12.1 Å². The van der Waals surface area contributed by atoms with Crippen molar-refractivity contribution in [2.75, 3.05) is 13.1 Å². The maximum atomic E-state index is 12.9. The van der Waals surface area contributed by atoms with Crippen LogP contribution < -0.4 is 5.32 Å². The number of furan rings is 1. The number of piperidine rings is 1. The predicted octanol–water partition coefficient (Wildman–Crippen LogP) is 2.59. The van der Waals surface area contributed by atoms with Crippen LogP contribution in [0.25, 0.3) is 0 Å². The summed E-state index contributed by atoms with van der Waals surface area (Å²) in [5.74, 6) is -0.718. The fraction of sp³-hybridized carbons (Fsp3) is 0.333. The smallest absolute Gasteiger partial charge is 0.257 e. The number of amides is 2. The molecule has 0 spiro atoms. The summed E-state index contributed by atoms with van der Waals surface area (Å²) >= 11 is 0. The average molecular weight is 330 g/mol. The number of likely N-dealkylation sites (tertiary alicyclic amines) is 1. The molecule has 1 N–H and O–H groups in total. The number of hydrogen-bond donors (Lipinski definition) is 1. The lowest BCUT2D eigenvalue weighted by atomic mass is 9.96. The first-order valence-electron chi connectivity index (χ1n) is 7.97. The SMILES string of the molecule is O=C(NCc1ccc(F)cc1)C1CCCN(C(=O)c2ccoc2)C1. The molecule has 0 bridgehead atoms. The number of halogens is 1. The molecular formula is C18H19FN2O3. The van der Waals surface area contributed by atoms with Gasteiger partial charge in [-0.15, -0.1) is 0 Å². The third-order valence-electron chi connectivity index (χ3n) is 4.23. The Balaban J connectivity index is 1.55. The van der Waals surface area contributed by atoms with Gasteiger partial charge in [0.2, 0.25) is 5.91 Å². The van der Waals surface area contributed by atoms with Crippen LogP contribution >= 0.6 is 0 Å². The van der Waals surface area contributed by atoms with Crippen molar-refractivity contribution < 1.29 is 18.4 Å². The van der Waals surface area contributed by atoms with E-state index in [2.05, 4.69) is 5.32 Å². The van der Waals surface area contributed by atoms with E-state index in [4.69, 9.17) is 4.42 Å². The Morgan fingerprint density at radius 3 is 2.75 bits per heavy atom. The largest absolute Gasteiger partial charge is 0.472 e. The first kappa shape index (κ1) is 16.2. The molecule has 2 aromatic rings. The summed E-state index contributed by atoms with van der Waals surface area (Å²) in [5, 5.41) is 2.86. The van der Waals surface area contributed by atoms with Crippen LogP contribution in [-0.4, -0.2) is 29.8 Å². The first-order valence-corrected chi connectivity index (χ1v) is 7.97. The van der Waals surface area contributed by atoms with Gasteiger partial charge >= 0.3 is 0 Å². The predicted molar refractivity (Wildman–Crippen MR) is 85.6 cm³/mol. The Kier molecular flexibility index (Phi) is 4.93. The van der Waals surface area contributed by atoms with E-state index in [1.165, 1.54) is 24.7 Å². The van der Waals surface area contributed by atoms with Crippen LogP contribution in [0.2, 0.25) is 0 Å². The van der Waals surface area contributed by atoms with Gasteiger partial charge in [-0.25, -0.2) is 4.39 Å². The van der Waals surface area contributed by atoms with Crippen LogP contribution in [0.1, 0.15) is 28.8 Å². The van der Waals surface area contributed by atoms with E-state index in [9.17, 15) is 14.0 Å². The molecule has 1 unspecified atom stereocenters. The second-order valence-corrected chi connectivity index (χ2v) is 5.95. The molecule has 1 fully saturated rings. The van der Waals surface area contributed by atoms with Gasteiger partial charge in [0.05, 0.1) is 17.7 Å². The number of rotatable bonds is 4. The minimum absolute atomic E-state index is 0.0796. The number of nitrogens with zero attached hydrogens (tertiary/aromatic N) is 1. The molecule has 3 rings (SSSR count). The monoisotopic (exact) mass is 330 g/mol. The molecule has 1 atom stereocenters. The molecule has 0 radical (unpaired) electrons. The molecule has 6 heteroatoms. The van der Waals surface area contributed by atoms with E-state index in [1.54, 1.807) is 23.1 Å². The Morgan fingerprint density at radius 2 is 2.04 bits per heavy atom. The van der Waals surface area contributed by atoms with E-state index in [1.807, 2.05) is 0 Å². The third-order valence-corrected chi connectivity index (χ3v) is 4.23. The molecule has 2 heterocycles. The van der Waals surface area contributed by atoms with Crippen molar-refractivity contribution in [1.29, 1.82) is 0 Å². The zero-order chi connectivity index (χ0) is 16.9. The van der Waals surface area contributed by atoms with Gasteiger partial charge in [-0.3, -0.25) is 9.59 Å². The molecule has 0 aliphatic carbocycles. The van der Waals surface area contributed by atoms with Crippen molar-refractivity contribution in [2.24, 2.45) is 5.92 Å². The Bertz CT molecular complexity index is 698. The summed E-state index contributed by atoms with van der Waals surface area (Å²) in [6.07, 6.45) is 4.42. The second kappa shape index (κ2) is 7.29. The van der Waals surface area contributed by atoms with Crippen molar-refractivity contribution in [3.63, 3.8) is 0 Å². The van der Waals surface area contributed by atoms with Crippen LogP contribution in [0.5, 0.6) is 0 Å². The quantitative estimate of drug-likeness (QED) is 0.937. The van der Waals surface area contributed by atoms with Crippen LogP contribution in [0.15, 0.2) is 47.3 Å². The standard InChI is InChI=1S/C18H19FN2O3/c19-16-5-3-13(4-6-16)10-20-17(22)14-2-1-8-21(11-14)18(23)15-7-9-24-12-15/h3-7,9,12,14H,1-2,8,10-11H2,(H,20,22). The highest BCUT2D eigenvalue weighted by Crippen LogP contribution is 2.19. The third kappa shape index (κ3) is 3.82. The second-order valence-electron chi connectivity index (χ2n) is 5.95. The van der Waals surface area contributed by atoms with Gasteiger partial charge in [0, 0.05) is 19.6 Å². The number of carbonyl (C=O) groups excluding carboxylic acids is 2. The summed E-state index contributed by atoms with van der Waals surface area (Å²) < 4.78 is 17.8. The van der Waals surface area contributed by atoms with Gasteiger partial charge in [0.25, 0.3) is 5.91 Å². The molecule has 24 heavy (non-hydrogen) atoms. The fourth-order valence-corrected chi connectivity index (χ4v) is 2.88. The highest BCUT2D eigenvalue weighted by molar-refractivity contribution is 5.94. The van der Waals surface area contributed by atoms with E-state index < -0.39 is 0 Å². The highest BCUT2D eigenvalue weighted by atomic mass is 19.1. The van der Waals surface area contributed by atoms with Gasteiger partial charge < -0.3 is 14.6 Å². The van der Waals surface area contributed by atoms with Crippen LogP contribution in [0, 0.1) is 11.7 Å². The van der Waals surface area contributed by atoms with E-state index >= 15 is 0 Å². The molecule has 1 aromatic carbocycles. The van der Waals surface area contributed by atoms with Crippen LogP contribution in [0.3, 0.4) is 0 Å². The molecule has 2 amide bonds. The first-order chi connectivity index (χ1) is 11.6. The summed E-state index contributed by atoms with van der Waals surface area (Å²) in [5.41, 5.74) is 1.34. The summed E-state index contributed by atoms with van der Waals surface area (Å²) in [6.45, 7) is 1.40. The van der Waals surface area contributed by atoms with E-state index in [0.29, 0.717) is 25.2 Å². The molecule has 1 aliphatic rings. The minimum Gasteiger partial charge on any atom is -0.472 e. The maximum Gasteiger partial charge on any atom is 0.257 e. The van der Waals surface area contributed by atoms with E-state index in [-0.39, 0.29) is 23.5 Å². The van der Waals surface area contributed by atoms with Gasteiger partial charge in [-0.05, 0) is 36.6 Å². The van der Waals surface area contributed by atoms with Gasteiger partial charge in [-0.2, -0.15) is 0 Å². The topological polar surface area (TPSA) is 62.6 Å². The molecule has 1 aliphatic heterocycles. The Hall–Kier alpha value is -2.63. The summed E-state index contributed by atoms with van der Waals surface area (Å²) in [7, 11) is 0. The Morgan fingerprint density at radius 1 is 1.25 bits per heavy atom. The minimum atomic E-state index is -0.300. The zero-order valence-corrected chi connectivity index (χ0v) is 13.2. The number of carbonyl (C=O) groups is 2. The number of nitrogens with one attached hydrogen (secondary N) is 1. The zero-order valence-electron chi connectivity index (χ0n) is 13.2. The van der Waals surface area contributed by atoms with Gasteiger partial charge in [0.15, 0.2) is 0 Å². The van der Waals surface area contributed by atoms with Crippen LogP contribution in [0.4, 0.5) is 4.39 Å². The van der Waals surface area contributed by atoms with Crippen molar-refractivity contribution in [3.05, 3.63) is 59.8 Å². The van der Waals surface area contributed by atoms with Crippen molar-refractivity contribution >= 4 is 11.8 Å². The van der Waals surface area contributed by atoms with Crippen molar-refractivity contribution in [3.8, 4) is 0 Å². The average Bonchev–Trinajstić information content (AvgIpc) is 3.15. The normalized spacial score (nSPS) is 17.5. The van der Waals surface area contributed by atoms with Crippen molar-refractivity contribution in [2.45, 2.75) is 19.4 Å². The molecule has 1 saturated heterocycles. The molecule has 5 nitrogen and oxygen atoms in total. The number of hydrogen-bond acceptors (Lipinski definition) is 3. The fourth-order valence-electron chi connectivity index (χ4n) is 2.88. The highest BCUT2D eigenvalue weighted by Gasteiger charge is 2.29. The lowest BCUT2D eigenvalue weighted by molar-refractivity contribution is -0.126. The molecule has 0 saturated carbocycles. The van der Waals surface area contributed by atoms with E-state index in [0.717, 1.165) is 18.4 Å². The summed E-state index contributed by atoms with van der Waals surface area (Å²) in [6, 6.07) is 7.65. The van der Waals surface area contributed by atoms with Crippen LogP contribution in [-0.2, 0) is 11.3 Å². The lowest BCUT2D eigenvalue weighted by Gasteiger charge is -2.31.